The lowest BCUT2D eigenvalue weighted by Crippen LogP contribution is -2.28. The Morgan fingerprint density at radius 2 is 1.59 bits per heavy atom. The summed E-state index contributed by atoms with van der Waals surface area (Å²) in [5.74, 6) is -4.16. The molecule has 0 spiro atoms. The predicted octanol–water partition coefficient (Wildman–Crippen LogP) is 3.82. The lowest BCUT2D eigenvalue weighted by Gasteiger charge is -2.15. The smallest absolute Gasteiger partial charge is 0.491 e. The fourth-order valence-electron chi connectivity index (χ4n) is 2.87. The number of methoxy groups -OCH3 is 1. The molecule has 4 N–H and O–H groups in total. The number of ether oxygens (including phenoxy) is 3. The minimum absolute atomic E-state index is 0.145. The Labute approximate surface area is 208 Å². The van der Waals surface area contributed by atoms with Crippen molar-refractivity contribution in [2.24, 2.45) is 5.73 Å². The Bertz CT molecular complexity index is 1460. The second-order valence-electron chi connectivity index (χ2n) is 7.21. The molecule has 0 aromatic heterocycles. The zero-order valence-electron chi connectivity index (χ0n) is 18.8. The molecule has 0 heterocycles. The van der Waals surface area contributed by atoms with Gasteiger partial charge in [-0.15, -0.1) is 0 Å². The minimum Gasteiger partial charge on any atom is -0.497 e. The van der Waals surface area contributed by atoms with Gasteiger partial charge < -0.3 is 19.9 Å². The molecule has 0 bridgehead atoms. The van der Waals surface area contributed by atoms with E-state index in [2.05, 4.69) is 9.46 Å². The van der Waals surface area contributed by atoms with Crippen LogP contribution in [0.2, 0.25) is 0 Å². The summed E-state index contributed by atoms with van der Waals surface area (Å²) in [6.07, 6.45) is -5.38. The van der Waals surface area contributed by atoms with Gasteiger partial charge in [-0.05, 0) is 54.6 Å². The molecular formula is C23H18F3N3O7S. The van der Waals surface area contributed by atoms with E-state index in [9.17, 15) is 31.2 Å². The van der Waals surface area contributed by atoms with E-state index < -0.39 is 33.7 Å². The van der Waals surface area contributed by atoms with Crippen LogP contribution >= 0.6 is 0 Å². The predicted molar refractivity (Wildman–Crippen MR) is 124 cm³/mol. The Morgan fingerprint density at radius 1 is 0.946 bits per heavy atom. The number of benzene rings is 3. The van der Waals surface area contributed by atoms with Crippen molar-refractivity contribution in [2.75, 3.05) is 11.8 Å². The number of alkyl halides is 3. The molecule has 0 aliphatic carbocycles. The van der Waals surface area contributed by atoms with Crippen molar-refractivity contribution < 1.29 is 45.4 Å². The van der Waals surface area contributed by atoms with E-state index in [1.165, 1.54) is 61.7 Å². The van der Waals surface area contributed by atoms with E-state index in [0.29, 0.717) is 5.56 Å². The Hall–Kier alpha value is -4.59. The highest BCUT2D eigenvalue weighted by molar-refractivity contribution is 7.92. The van der Waals surface area contributed by atoms with Gasteiger partial charge in [0.25, 0.3) is 10.0 Å². The largest absolute Gasteiger partial charge is 0.497 e. The van der Waals surface area contributed by atoms with Gasteiger partial charge >= 0.3 is 18.1 Å². The number of sulfonamides is 1. The number of nitrogen functional groups attached to an aromatic ring is 1. The van der Waals surface area contributed by atoms with Gasteiger partial charge in [0.2, 0.25) is 0 Å². The molecule has 0 aliphatic heterocycles. The van der Waals surface area contributed by atoms with E-state index in [1.54, 1.807) is 0 Å². The third-order valence-electron chi connectivity index (χ3n) is 4.60. The first-order chi connectivity index (χ1) is 17.3. The Kier molecular flexibility index (Phi) is 7.72. The fraction of sp³-hybridized carbons (Fsp3) is 0.0870. The lowest BCUT2D eigenvalue weighted by atomic mass is 10.2. The van der Waals surface area contributed by atoms with Gasteiger partial charge in [-0.2, -0.15) is 13.2 Å². The van der Waals surface area contributed by atoms with E-state index in [-0.39, 0.29) is 33.7 Å². The van der Waals surface area contributed by atoms with E-state index in [4.69, 9.17) is 20.6 Å². The number of anilines is 1. The van der Waals surface area contributed by atoms with Crippen molar-refractivity contribution >= 4 is 33.5 Å². The molecule has 0 saturated carbocycles. The summed E-state index contributed by atoms with van der Waals surface area (Å²) in [4.78, 5) is 22.5. The summed E-state index contributed by atoms with van der Waals surface area (Å²) in [6, 6.07) is 14.1. The lowest BCUT2D eigenvalue weighted by molar-refractivity contribution is -0.193. The number of hydrogen-bond donors (Lipinski definition) is 3. The molecule has 3 rings (SSSR count). The minimum atomic E-state index is -5.38. The number of nitrogens with two attached hydrogens (primary N) is 1. The second kappa shape index (κ2) is 10.6. The molecule has 10 nitrogen and oxygen atoms in total. The zero-order valence-corrected chi connectivity index (χ0v) is 19.6. The van der Waals surface area contributed by atoms with E-state index in [1.807, 2.05) is 0 Å². The van der Waals surface area contributed by atoms with Crippen molar-refractivity contribution in [3.05, 3.63) is 77.9 Å². The number of nitrogens with one attached hydrogen (secondary N) is 2. The number of carbonyl (C=O) groups excluding carboxylic acids is 2. The number of hydrogen-bond acceptors (Lipinski definition) is 8. The summed E-state index contributed by atoms with van der Waals surface area (Å²) in [5, 5.41) is 7.44. The number of amidine groups is 1. The van der Waals surface area contributed by atoms with Crippen molar-refractivity contribution in [2.45, 2.75) is 11.1 Å². The quantitative estimate of drug-likeness (QED) is 0.169. The molecule has 0 radical (unpaired) electrons. The first-order valence-corrected chi connectivity index (χ1v) is 11.5. The summed E-state index contributed by atoms with van der Waals surface area (Å²) in [7, 11) is -3.02. The van der Waals surface area contributed by atoms with Crippen LogP contribution in [0.3, 0.4) is 0 Å². The van der Waals surface area contributed by atoms with Gasteiger partial charge in [0, 0.05) is 17.3 Å². The standard InChI is InChI=1S/C23H18F3N3O7S/c1-34-17-9-10-19(18(12-17)35-16-7-5-13(6-8-16)20(27)28)37(32,33)29-15-4-2-3-14(11-15)21(30)36-22(31)23(24,25)26/h2-12,29H,1H3,(H3,27,28). The maximum atomic E-state index is 13.2. The number of halogens is 3. The molecule has 0 fully saturated rings. The Balaban J connectivity index is 1.89. The number of rotatable bonds is 8. The van der Waals surface area contributed by atoms with E-state index >= 15 is 0 Å². The van der Waals surface area contributed by atoms with E-state index in [0.717, 1.165) is 12.1 Å². The van der Waals surface area contributed by atoms with Crippen LogP contribution in [-0.2, 0) is 19.6 Å². The highest BCUT2D eigenvalue weighted by Gasteiger charge is 2.42. The van der Waals surface area contributed by atoms with Crippen LogP contribution in [-0.4, -0.2) is 39.5 Å². The molecule has 3 aromatic carbocycles. The van der Waals surface area contributed by atoms with Gasteiger partial charge in [0.05, 0.1) is 12.7 Å². The Morgan fingerprint density at radius 3 is 2.19 bits per heavy atom. The van der Waals surface area contributed by atoms with Crippen LogP contribution < -0.4 is 19.9 Å². The first-order valence-electron chi connectivity index (χ1n) is 10.1. The highest BCUT2D eigenvalue weighted by atomic mass is 32.2. The van der Waals surface area contributed by atoms with Crippen molar-refractivity contribution in [1.82, 2.24) is 0 Å². The topological polar surface area (TPSA) is 158 Å². The van der Waals surface area contributed by atoms with Gasteiger partial charge in [-0.3, -0.25) is 10.1 Å². The number of esters is 2. The summed E-state index contributed by atoms with van der Waals surface area (Å²) < 4.78 is 80.2. The third kappa shape index (κ3) is 6.76. The second-order valence-corrected chi connectivity index (χ2v) is 8.86. The van der Waals surface area contributed by atoms with Crippen molar-refractivity contribution in [3.8, 4) is 17.2 Å². The van der Waals surface area contributed by atoms with Crippen molar-refractivity contribution in [1.29, 1.82) is 5.41 Å². The van der Waals surface area contributed by atoms with Crippen LogP contribution in [0.25, 0.3) is 0 Å². The fourth-order valence-corrected chi connectivity index (χ4v) is 4.03. The van der Waals surface area contributed by atoms with Crippen LogP contribution in [0.5, 0.6) is 17.2 Å². The number of carbonyl (C=O) groups is 2. The maximum absolute atomic E-state index is 13.2. The first kappa shape index (κ1) is 27.0. The molecule has 0 unspecified atom stereocenters. The molecule has 194 valence electrons. The summed E-state index contributed by atoms with van der Waals surface area (Å²) in [6.45, 7) is 0. The van der Waals surface area contributed by atoms with Gasteiger partial charge in [0.1, 0.15) is 22.2 Å². The van der Waals surface area contributed by atoms with Crippen LogP contribution in [0, 0.1) is 5.41 Å². The zero-order chi connectivity index (χ0) is 27.4. The molecular weight excluding hydrogens is 519 g/mol. The van der Waals surface area contributed by atoms with Crippen molar-refractivity contribution in [3.63, 3.8) is 0 Å². The van der Waals surface area contributed by atoms with Gasteiger partial charge in [0.15, 0.2) is 5.75 Å². The third-order valence-corrected chi connectivity index (χ3v) is 6.02. The summed E-state index contributed by atoms with van der Waals surface area (Å²) >= 11 is 0. The van der Waals surface area contributed by atoms with Crippen LogP contribution in [0.1, 0.15) is 15.9 Å². The van der Waals surface area contributed by atoms with Gasteiger partial charge in [-0.1, -0.05) is 6.07 Å². The normalized spacial score (nSPS) is 11.4. The molecule has 3 aromatic rings. The van der Waals surface area contributed by atoms with Crippen LogP contribution in [0.4, 0.5) is 18.9 Å². The average Bonchev–Trinajstić information content (AvgIpc) is 2.83. The molecule has 0 atom stereocenters. The monoisotopic (exact) mass is 537 g/mol. The maximum Gasteiger partial charge on any atom is 0.491 e. The highest BCUT2D eigenvalue weighted by Crippen LogP contribution is 2.34. The van der Waals surface area contributed by atoms with Crippen LogP contribution in [0.15, 0.2) is 71.6 Å². The van der Waals surface area contributed by atoms with Gasteiger partial charge in [-0.25, -0.2) is 18.0 Å². The molecule has 37 heavy (non-hydrogen) atoms. The molecule has 0 amide bonds. The molecule has 0 aliphatic rings. The SMILES string of the molecule is COc1ccc(S(=O)(=O)Nc2cccc(C(=O)OC(=O)C(F)(F)F)c2)c(Oc2ccc(C(=N)N)cc2)c1. The molecule has 14 heteroatoms. The average molecular weight is 537 g/mol. The molecule has 0 saturated heterocycles. The summed E-state index contributed by atoms with van der Waals surface area (Å²) in [5.41, 5.74) is 5.13.